The predicted molar refractivity (Wildman–Crippen MR) is 81.9 cm³/mol. The standard InChI is InChI=1S/C17H24N2O2/c1-12(18-15-11-19-6-4-13(15)5-7-19)14-2-3-16-17(10-14)21-9-8-20-16/h2-3,10,12-13,15,18H,4-9,11H2,1H3. The second-order valence-corrected chi connectivity index (χ2v) is 6.54. The average molecular weight is 288 g/mol. The van der Waals surface area contributed by atoms with Gasteiger partial charge in [0, 0.05) is 18.6 Å². The first-order chi connectivity index (χ1) is 10.3. The van der Waals surface area contributed by atoms with Crippen LogP contribution in [0.2, 0.25) is 0 Å². The van der Waals surface area contributed by atoms with Gasteiger partial charge in [-0.05, 0) is 56.5 Å². The maximum absolute atomic E-state index is 5.69. The van der Waals surface area contributed by atoms with Crippen LogP contribution in [0.25, 0.3) is 0 Å². The van der Waals surface area contributed by atoms with Gasteiger partial charge in [0.05, 0.1) is 0 Å². The summed E-state index contributed by atoms with van der Waals surface area (Å²) in [5.74, 6) is 2.62. The molecule has 3 saturated heterocycles. The third kappa shape index (κ3) is 2.62. The van der Waals surface area contributed by atoms with Crippen molar-refractivity contribution in [1.29, 1.82) is 0 Å². The van der Waals surface area contributed by atoms with Crippen molar-refractivity contribution in [3.05, 3.63) is 23.8 Å². The molecule has 4 aliphatic heterocycles. The summed E-state index contributed by atoms with van der Waals surface area (Å²) in [6, 6.07) is 7.32. The van der Waals surface area contributed by atoms with E-state index in [-0.39, 0.29) is 0 Å². The smallest absolute Gasteiger partial charge is 0.161 e. The lowest BCUT2D eigenvalue weighted by atomic mass is 9.83. The van der Waals surface area contributed by atoms with E-state index in [2.05, 4.69) is 29.3 Å². The van der Waals surface area contributed by atoms with Gasteiger partial charge in [0.25, 0.3) is 0 Å². The highest BCUT2D eigenvalue weighted by Gasteiger charge is 2.34. The molecule has 0 amide bonds. The second kappa shape index (κ2) is 5.50. The molecule has 0 saturated carbocycles. The van der Waals surface area contributed by atoms with E-state index in [1.165, 1.54) is 38.0 Å². The molecule has 0 aliphatic carbocycles. The van der Waals surface area contributed by atoms with E-state index >= 15 is 0 Å². The van der Waals surface area contributed by atoms with E-state index < -0.39 is 0 Å². The molecule has 4 aliphatic rings. The number of rotatable bonds is 3. The Morgan fingerprint density at radius 1 is 1.14 bits per heavy atom. The largest absolute Gasteiger partial charge is 0.486 e. The Morgan fingerprint density at radius 2 is 1.90 bits per heavy atom. The maximum Gasteiger partial charge on any atom is 0.161 e. The monoisotopic (exact) mass is 288 g/mol. The first-order valence-corrected chi connectivity index (χ1v) is 8.17. The zero-order chi connectivity index (χ0) is 14.2. The lowest BCUT2D eigenvalue weighted by Crippen LogP contribution is -2.56. The van der Waals surface area contributed by atoms with Crippen LogP contribution in [0.5, 0.6) is 11.5 Å². The SMILES string of the molecule is CC(NC1CN2CCC1CC2)c1ccc2c(c1)OCCO2. The van der Waals surface area contributed by atoms with Crippen molar-refractivity contribution in [1.82, 2.24) is 10.2 Å². The highest BCUT2D eigenvalue weighted by atomic mass is 16.6. The molecule has 0 radical (unpaired) electrons. The third-order valence-corrected chi connectivity index (χ3v) is 5.19. The van der Waals surface area contributed by atoms with Crippen LogP contribution in [0.4, 0.5) is 0 Å². The normalized spacial score (nSPS) is 32.0. The van der Waals surface area contributed by atoms with Gasteiger partial charge in [0.15, 0.2) is 11.5 Å². The minimum atomic E-state index is 0.353. The number of ether oxygens (including phenoxy) is 2. The molecule has 1 aromatic carbocycles. The van der Waals surface area contributed by atoms with Crippen LogP contribution in [0, 0.1) is 5.92 Å². The predicted octanol–water partition coefficient (Wildman–Crippen LogP) is 2.20. The van der Waals surface area contributed by atoms with Gasteiger partial charge >= 0.3 is 0 Å². The Balaban J connectivity index is 1.46. The Kier molecular flexibility index (Phi) is 3.51. The minimum Gasteiger partial charge on any atom is -0.486 e. The maximum atomic E-state index is 5.69. The van der Waals surface area contributed by atoms with E-state index in [4.69, 9.17) is 9.47 Å². The summed E-state index contributed by atoms with van der Waals surface area (Å²) in [6.45, 7) is 7.35. The lowest BCUT2D eigenvalue weighted by molar-refractivity contribution is 0.0680. The van der Waals surface area contributed by atoms with Crippen LogP contribution in [-0.4, -0.2) is 43.8 Å². The molecule has 114 valence electrons. The zero-order valence-electron chi connectivity index (χ0n) is 12.7. The van der Waals surface area contributed by atoms with Gasteiger partial charge in [0.2, 0.25) is 0 Å². The third-order valence-electron chi connectivity index (χ3n) is 5.19. The van der Waals surface area contributed by atoms with Gasteiger partial charge in [-0.25, -0.2) is 0 Å². The number of benzene rings is 1. The molecule has 2 bridgehead atoms. The summed E-state index contributed by atoms with van der Waals surface area (Å²) in [5, 5.41) is 3.84. The first-order valence-electron chi connectivity index (χ1n) is 8.17. The summed E-state index contributed by atoms with van der Waals surface area (Å²) in [4.78, 5) is 2.59. The number of fused-ring (bicyclic) bond motifs is 4. The number of hydrogen-bond acceptors (Lipinski definition) is 4. The quantitative estimate of drug-likeness (QED) is 0.924. The van der Waals surface area contributed by atoms with E-state index in [1.807, 2.05) is 6.07 Å². The van der Waals surface area contributed by atoms with Gasteiger partial charge in [0.1, 0.15) is 13.2 Å². The highest BCUT2D eigenvalue weighted by molar-refractivity contribution is 5.44. The Bertz CT molecular complexity index is 512. The molecule has 1 aromatic rings. The van der Waals surface area contributed by atoms with Gasteiger partial charge in [-0.1, -0.05) is 6.07 Å². The van der Waals surface area contributed by atoms with Crippen molar-refractivity contribution in [3.8, 4) is 11.5 Å². The fraction of sp³-hybridized carbons (Fsp3) is 0.647. The number of piperidine rings is 3. The topological polar surface area (TPSA) is 33.7 Å². The van der Waals surface area contributed by atoms with Crippen molar-refractivity contribution >= 4 is 0 Å². The van der Waals surface area contributed by atoms with Crippen LogP contribution < -0.4 is 14.8 Å². The molecule has 4 heteroatoms. The summed E-state index contributed by atoms with van der Waals surface area (Å²) in [7, 11) is 0. The summed E-state index contributed by atoms with van der Waals surface area (Å²) in [6.07, 6.45) is 2.71. The van der Waals surface area contributed by atoms with Gasteiger partial charge < -0.3 is 19.7 Å². The lowest BCUT2D eigenvalue weighted by Gasteiger charge is -2.46. The molecule has 0 spiro atoms. The van der Waals surface area contributed by atoms with Crippen molar-refractivity contribution in [2.45, 2.75) is 31.8 Å². The van der Waals surface area contributed by atoms with E-state index in [0.717, 1.165) is 17.4 Å². The van der Waals surface area contributed by atoms with Crippen LogP contribution in [0.3, 0.4) is 0 Å². The first kappa shape index (κ1) is 13.4. The summed E-state index contributed by atoms with van der Waals surface area (Å²) in [5.41, 5.74) is 1.29. The molecule has 4 heterocycles. The van der Waals surface area contributed by atoms with Gasteiger partial charge in [-0.2, -0.15) is 0 Å². The minimum absolute atomic E-state index is 0.353. The highest BCUT2D eigenvalue weighted by Crippen LogP contribution is 2.34. The Labute approximate surface area is 126 Å². The Morgan fingerprint density at radius 3 is 2.62 bits per heavy atom. The number of nitrogens with one attached hydrogen (secondary N) is 1. The van der Waals surface area contributed by atoms with Gasteiger partial charge in [-0.15, -0.1) is 0 Å². The fourth-order valence-corrected chi connectivity index (χ4v) is 3.90. The molecule has 4 nitrogen and oxygen atoms in total. The van der Waals surface area contributed by atoms with Crippen molar-refractivity contribution in [2.24, 2.45) is 5.92 Å². The van der Waals surface area contributed by atoms with Crippen molar-refractivity contribution in [2.75, 3.05) is 32.8 Å². The molecule has 0 aromatic heterocycles. The van der Waals surface area contributed by atoms with Crippen molar-refractivity contribution in [3.63, 3.8) is 0 Å². The molecule has 5 rings (SSSR count). The zero-order valence-corrected chi connectivity index (χ0v) is 12.7. The van der Waals surface area contributed by atoms with Gasteiger partial charge in [-0.3, -0.25) is 0 Å². The molecular formula is C17H24N2O2. The molecule has 21 heavy (non-hydrogen) atoms. The Hall–Kier alpha value is -1.26. The molecule has 2 atom stereocenters. The number of hydrogen-bond donors (Lipinski definition) is 1. The van der Waals surface area contributed by atoms with E-state index in [1.54, 1.807) is 0 Å². The van der Waals surface area contributed by atoms with Crippen LogP contribution in [0.15, 0.2) is 18.2 Å². The van der Waals surface area contributed by atoms with Crippen LogP contribution >= 0.6 is 0 Å². The second-order valence-electron chi connectivity index (χ2n) is 6.54. The average Bonchev–Trinajstić information content (AvgIpc) is 2.55. The summed E-state index contributed by atoms with van der Waals surface area (Å²) < 4.78 is 11.3. The van der Waals surface area contributed by atoms with Crippen LogP contribution in [-0.2, 0) is 0 Å². The number of nitrogens with zero attached hydrogens (tertiary/aromatic N) is 1. The summed E-state index contributed by atoms with van der Waals surface area (Å²) >= 11 is 0. The van der Waals surface area contributed by atoms with Crippen molar-refractivity contribution < 1.29 is 9.47 Å². The van der Waals surface area contributed by atoms with E-state index in [9.17, 15) is 0 Å². The molecule has 1 N–H and O–H groups in total. The molecule has 2 unspecified atom stereocenters. The molecule has 3 fully saturated rings. The molecular weight excluding hydrogens is 264 g/mol. The van der Waals surface area contributed by atoms with Crippen LogP contribution in [0.1, 0.15) is 31.4 Å². The fourth-order valence-electron chi connectivity index (χ4n) is 3.90. The van der Waals surface area contributed by atoms with E-state index in [0.29, 0.717) is 25.3 Å².